The van der Waals surface area contributed by atoms with E-state index in [1.165, 1.54) is 0 Å². The molecule has 1 N–H and O–H groups in total. The van der Waals surface area contributed by atoms with Gasteiger partial charge >= 0.3 is 0 Å². The van der Waals surface area contributed by atoms with E-state index < -0.39 is 0 Å². The van der Waals surface area contributed by atoms with Gasteiger partial charge in [-0.1, -0.05) is 12.1 Å². The average molecular weight is 466 g/mol. The van der Waals surface area contributed by atoms with Crippen molar-refractivity contribution in [2.24, 2.45) is 0 Å². The molecule has 0 radical (unpaired) electrons. The number of carbonyl (C=O) groups is 1. The fraction of sp³-hybridized carbons (Fsp3) is 0.296. The molecular weight excluding hydrogens is 438 g/mol. The predicted molar refractivity (Wildman–Crippen MR) is 136 cm³/mol. The van der Waals surface area contributed by atoms with E-state index in [1.54, 1.807) is 12.5 Å². The largest absolute Gasteiger partial charge is 0.321 e. The Morgan fingerprint density at radius 2 is 1.89 bits per heavy atom. The molecule has 0 saturated heterocycles. The number of carbonyl (C=O) groups excluding carboxylic acids is 1. The molecule has 0 spiro atoms. The summed E-state index contributed by atoms with van der Waals surface area (Å²) < 4.78 is 3.87. The van der Waals surface area contributed by atoms with E-state index in [0.29, 0.717) is 17.2 Å². The Labute approximate surface area is 203 Å². The van der Waals surface area contributed by atoms with Crippen molar-refractivity contribution in [2.75, 3.05) is 5.32 Å². The smallest absolute Gasteiger partial charge is 0.256 e. The standard InChI is InChI=1S/C27H27N7O/c1-16-24-19(13-21(17-9-10-17)31-25(24)34(32-16)27(2,3)4)26(35)30-18-11-12-23(28-14-18)33-15-29-20-7-5-6-8-22(20)33/h5-8,11-15,17H,9-10H2,1-4H3,(H,30,35). The zero-order valence-electron chi connectivity index (χ0n) is 20.3. The molecule has 0 bridgehead atoms. The number of hydrogen-bond acceptors (Lipinski definition) is 5. The van der Waals surface area contributed by atoms with Crippen LogP contribution in [-0.2, 0) is 5.54 Å². The fourth-order valence-corrected chi connectivity index (χ4v) is 4.49. The molecule has 1 aromatic carbocycles. The van der Waals surface area contributed by atoms with Gasteiger partial charge in [0.25, 0.3) is 5.91 Å². The lowest BCUT2D eigenvalue weighted by molar-refractivity contribution is 0.102. The SMILES string of the molecule is Cc1nn(C(C)(C)C)c2nc(C3CC3)cc(C(=O)Nc3ccc(-n4cnc5ccccc54)nc3)c12. The predicted octanol–water partition coefficient (Wildman–Crippen LogP) is 5.36. The third-order valence-corrected chi connectivity index (χ3v) is 6.41. The van der Waals surface area contributed by atoms with Crippen LogP contribution in [0.1, 0.15) is 61.3 Å². The van der Waals surface area contributed by atoms with Gasteiger partial charge in [0.15, 0.2) is 5.65 Å². The summed E-state index contributed by atoms with van der Waals surface area (Å²) in [5.41, 5.74) is 5.42. The van der Waals surface area contributed by atoms with Gasteiger partial charge in [0, 0.05) is 11.6 Å². The quantitative estimate of drug-likeness (QED) is 0.386. The van der Waals surface area contributed by atoms with Crippen molar-refractivity contribution in [3.8, 4) is 5.82 Å². The van der Waals surface area contributed by atoms with Crippen LogP contribution in [0.25, 0.3) is 27.9 Å². The number of benzene rings is 1. The molecule has 35 heavy (non-hydrogen) atoms. The Morgan fingerprint density at radius 3 is 2.60 bits per heavy atom. The molecule has 8 nitrogen and oxygen atoms in total. The van der Waals surface area contributed by atoms with E-state index >= 15 is 0 Å². The van der Waals surface area contributed by atoms with E-state index in [9.17, 15) is 4.79 Å². The highest BCUT2D eigenvalue weighted by Crippen LogP contribution is 2.41. The zero-order chi connectivity index (χ0) is 24.3. The number of hydrogen-bond donors (Lipinski definition) is 1. The fourth-order valence-electron chi connectivity index (χ4n) is 4.49. The van der Waals surface area contributed by atoms with E-state index in [2.05, 4.69) is 36.1 Å². The summed E-state index contributed by atoms with van der Waals surface area (Å²) in [5.74, 6) is 0.973. The van der Waals surface area contributed by atoms with Crippen LogP contribution in [0.5, 0.6) is 0 Å². The average Bonchev–Trinajstić information content (AvgIpc) is 3.51. The summed E-state index contributed by atoms with van der Waals surface area (Å²) in [7, 11) is 0. The van der Waals surface area contributed by atoms with Crippen LogP contribution >= 0.6 is 0 Å². The van der Waals surface area contributed by atoms with Crippen LogP contribution in [0, 0.1) is 6.92 Å². The number of amides is 1. The summed E-state index contributed by atoms with van der Waals surface area (Å²) in [6, 6.07) is 13.6. The molecule has 176 valence electrons. The molecule has 1 fully saturated rings. The van der Waals surface area contributed by atoms with E-state index in [1.807, 2.05) is 58.6 Å². The van der Waals surface area contributed by atoms with Gasteiger partial charge in [0.1, 0.15) is 12.1 Å². The molecule has 1 saturated carbocycles. The number of fused-ring (bicyclic) bond motifs is 2. The highest BCUT2D eigenvalue weighted by molar-refractivity contribution is 6.12. The van der Waals surface area contributed by atoms with Gasteiger partial charge < -0.3 is 5.32 Å². The second-order valence-corrected chi connectivity index (χ2v) is 10.2. The molecule has 0 atom stereocenters. The number of aryl methyl sites for hydroxylation is 1. The third-order valence-electron chi connectivity index (χ3n) is 6.41. The van der Waals surface area contributed by atoms with Crippen molar-refractivity contribution in [2.45, 2.75) is 52.0 Å². The maximum atomic E-state index is 13.5. The van der Waals surface area contributed by atoms with Gasteiger partial charge in [-0.15, -0.1) is 0 Å². The van der Waals surface area contributed by atoms with Crippen LogP contribution < -0.4 is 5.32 Å². The molecule has 0 aliphatic heterocycles. The first-order chi connectivity index (χ1) is 16.8. The Hall–Kier alpha value is -4.07. The first-order valence-corrected chi connectivity index (χ1v) is 11.9. The second kappa shape index (κ2) is 7.73. The Balaban J connectivity index is 1.35. The van der Waals surface area contributed by atoms with Crippen molar-refractivity contribution in [1.29, 1.82) is 0 Å². The number of rotatable bonds is 4. The molecule has 1 aliphatic rings. The van der Waals surface area contributed by atoms with Gasteiger partial charge in [-0.2, -0.15) is 5.10 Å². The molecule has 1 amide bonds. The minimum absolute atomic E-state index is 0.182. The van der Waals surface area contributed by atoms with Gasteiger partial charge in [-0.05, 0) is 70.9 Å². The van der Waals surface area contributed by atoms with Gasteiger partial charge in [0.2, 0.25) is 0 Å². The Bertz CT molecular complexity index is 1580. The minimum Gasteiger partial charge on any atom is -0.321 e. The Morgan fingerprint density at radius 1 is 1.09 bits per heavy atom. The normalized spacial score (nSPS) is 14.1. The van der Waals surface area contributed by atoms with E-state index in [4.69, 9.17) is 10.1 Å². The molecule has 1 aliphatic carbocycles. The van der Waals surface area contributed by atoms with E-state index in [-0.39, 0.29) is 11.4 Å². The maximum Gasteiger partial charge on any atom is 0.256 e. The highest BCUT2D eigenvalue weighted by Gasteiger charge is 2.30. The summed E-state index contributed by atoms with van der Waals surface area (Å²) in [5, 5.41) is 8.58. The molecular formula is C27H27N7O. The summed E-state index contributed by atoms with van der Waals surface area (Å²) in [4.78, 5) is 27.4. The number of nitrogens with zero attached hydrogens (tertiary/aromatic N) is 6. The number of pyridine rings is 2. The van der Waals surface area contributed by atoms with Crippen LogP contribution in [-0.4, -0.2) is 35.2 Å². The van der Waals surface area contributed by atoms with Gasteiger partial charge in [0.05, 0.1) is 45.1 Å². The lowest BCUT2D eigenvalue weighted by Gasteiger charge is -2.20. The maximum absolute atomic E-state index is 13.5. The number of anilines is 1. The van der Waals surface area contributed by atoms with Crippen LogP contribution in [0.3, 0.4) is 0 Å². The number of imidazole rings is 1. The van der Waals surface area contributed by atoms with E-state index in [0.717, 1.165) is 52.1 Å². The topological polar surface area (TPSA) is 90.5 Å². The van der Waals surface area contributed by atoms with Gasteiger partial charge in [-0.25, -0.2) is 19.6 Å². The van der Waals surface area contributed by atoms with Crippen molar-refractivity contribution < 1.29 is 4.79 Å². The lowest BCUT2D eigenvalue weighted by atomic mass is 10.1. The number of nitrogens with one attached hydrogen (secondary N) is 1. The first kappa shape index (κ1) is 21.5. The lowest BCUT2D eigenvalue weighted by Crippen LogP contribution is -2.23. The minimum atomic E-state index is -0.243. The highest BCUT2D eigenvalue weighted by atomic mass is 16.1. The van der Waals surface area contributed by atoms with Crippen molar-refractivity contribution in [3.05, 3.63) is 71.9 Å². The van der Waals surface area contributed by atoms with Crippen LogP contribution in [0.4, 0.5) is 5.69 Å². The van der Waals surface area contributed by atoms with Crippen LogP contribution in [0.15, 0.2) is 55.0 Å². The molecule has 6 rings (SSSR count). The second-order valence-electron chi connectivity index (χ2n) is 10.2. The molecule has 0 unspecified atom stereocenters. The number of para-hydroxylation sites is 2. The van der Waals surface area contributed by atoms with Crippen LogP contribution in [0.2, 0.25) is 0 Å². The van der Waals surface area contributed by atoms with Crippen molar-refractivity contribution in [1.82, 2.24) is 29.3 Å². The third kappa shape index (κ3) is 3.75. The molecule has 4 heterocycles. The van der Waals surface area contributed by atoms with Crippen molar-refractivity contribution in [3.63, 3.8) is 0 Å². The summed E-state index contributed by atoms with van der Waals surface area (Å²) in [6.07, 6.45) is 5.65. The van der Waals surface area contributed by atoms with Gasteiger partial charge in [-0.3, -0.25) is 9.36 Å². The zero-order valence-corrected chi connectivity index (χ0v) is 20.3. The first-order valence-electron chi connectivity index (χ1n) is 11.9. The molecule has 8 heteroatoms. The number of aromatic nitrogens is 6. The summed E-state index contributed by atoms with van der Waals surface area (Å²) >= 11 is 0. The van der Waals surface area contributed by atoms with Crippen molar-refractivity contribution >= 4 is 33.7 Å². The monoisotopic (exact) mass is 465 g/mol. The molecule has 5 aromatic rings. The molecule has 4 aromatic heterocycles. The Kier molecular flexibility index (Phi) is 4.74. The summed E-state index contributed by atoms with van der Waals surface area (Å²) in [6.45, 7) is 8.23.